The van der Waals surface area contributed by atoms with Gasteiger partial charge in [0.25, 0.3) is 0 Å². The van der Waals surface area contributed by atoms with Crippen LogP contribution < -0.4 is 14.3 Å². The Morgan fingerprint density at radius 1 is 0.844 bits per heavy atom. The average Bonchev–Trinajstić information content (AvgIpc) is 2.68. The van der Waals surface area contributed by atoms with Crippen molar-refractivity contribution < 1.29 is 16.8 Å². The highest BCUT2D eigenvalue weighted by atomic mass is 32.2. The van der Waals surface area contributed by atoms with Crippen molar-refractivity contribution in [3.8, 4) is 0 Å². The molecule has 1 saturated heterocycles. The maximum absolute atomic E-state index is 11.3. The van der Waals surface area contributed by atoms with Gasteiger partial charge in [-0.05, 0) is 67.8 Å². The molecule has 0 aliphatic carbocycles. The molecule has 10 heteroatoms. The van der Waals surface area contributed by atoms with Crippen LogP contribution >= 0.6 is 0 Å². The molecule has 32 heavy (non-hydrogen) atoms. The van der Waals surface area contributed by atoms with Gasteiger partial charge in [-0.2, -0.15) is 0 Å². The van der Waals surface area contributed by atoms with E-state index in [1.54, 1.807) is 24.3 Å². The summed E-state index contributed by atoms with van der Waals surface area (Å²) < 4.78 is 50.3. The third-order valence-electron chi connectivity index (χ3n) is 5.43. The van der Waals surface area contributed by atoms with Crippen LogP contribution in [0.4, 0.5) is 17.1 Å². The molecule has 0 aromatic heterocycles. The Labute approximate surface area is 191 Å². The van der Waals surface area contributed by atoms with E-state index in [1.165, 1.54) is 0 Å². The predicted octanol–water partition coefficient (Wildman–Crippen LogP) is 2.78. The summed E-state index contributed by atoms with van der Waals surface area (Å²) in [7, 11) is -4.41. The molecule has 1 aliphatic rings. The normalized spacial score (nSPS) is 15.7. The highest BCUT2D eigenvalue weighted by molar-refractivity contribution is 7.92. The van der Waals surface area contributed by atoms with Gasteiger partial charge < -0.3 is 9.80 Å². The molecule has 2 aromatic carbocycles. The van der Waals surface area contributed by atoms with E-state index >= 15 is 0 Å². The number of hydrogen-bond acceptors (Lipinski definition) is 6. The van der Waals surface area contributed by atoms with E-state index in [0.717, 1.165) is 62.8 Å². The van der Waals surface area contributed by atoms with Gasteiger partial charge in [0, 0.05) is 43.2 Å². The number of sulfonamides is 2. The lowest BCUT2D eigenvalue weighted by Crippen LogP contribution is -2.37. The largest absolute Gasteiger partial charge is 0.372 e. The fourth-order valence-electron chi connectivity index (χ4n) is 4.04. The molecular formula is C22H32N4O4S2. The van der Waals surface area contributed by atoms with Crippen LogP contribution in [-0.2, 0) is 26.6 Å². The predicted molar refractivity (Wildman–Crippen MR) is 131 cm³/mol. The van der Waals surface area contributed by atoms with Crippen LogP contribution in [0.2, 0.25) is 0 Å². The van der Waals surface area contributed by atoms with Crippen molar-refractivity contribution in [1.82, 2.24) is 4.90 Å². The van der Waals surface area contributed by atoms with Gasteiger partial charge in [0.05, 0.1) is 12.5 Å². The van der Waals surface area contributed by atoms with Crippen LogP contribution in [0.5, 0.6) is 0 Å². The fraction of sp³-hybridized carbons (Fsp3) is 0.455. The first kappa shape index (κ1) is 24.3. The molecule has 1 fully saturated rings. The Balaban J connectivity index is 1.45. The first-order valence-corrected chi connectivity index (χ1v) is 14.3. The molecule has 1 aliphatic heterocycles. The van der Waals surface area contributed by atoms with Crippen molar-refractivity contribution in [1.29, 1.82) is 0 Å². The smallest absolute Gasteiger partial charge is 0.229 e. The minimum absolute atomic E-state index is 0.575. The number of rotatable bonds is 9. The summed E-state index contributed by atoms with van der Waals surface area (Å²) in [4.78, 5) is 4.65. The number of hydrogen-bond donors (Lipinski definition) is 2. The second-order valence-electron chi connectivity index (χ2n) is 8.62. The van der Waals surface area contributed by atoms with E-state index in [2.05, 4.69) is 26.3 Å². The van der Waals surface area contributed by atoms with Gasteiger partial charge >= 0.3 is 0 Å². The van der Waals surface area contributed by atoms with Crippen molar-refractivity contribution >= 4 is 37.1 Å². The standard InChI is InChI=1S/C22H32N4O4S2/c1-25(16-18-4-6-20(7-5-18)23-31(2,27)28)17-19-12-14-26(15-13-19)22-10-8-21(9-11-22)24-32(3,29)30/h4-11,19,23-24H,12-17H2,1-3H3. The summed E-state index contributed by atoms with van der Waals surface area (Å²) in [6.07, 6.45) is 4.50. The minimum atomic E-state index is -3.26. The Bertz CT molecular complexity index is 1090. The fourth-order valence-corrected chi connectivity index (χ4v) is 5.17. The molecule has 2 aromatic rings. The number of piperidine rings is 1. The zero-order chi connectivity index (χ0) is 23.4. The molecular weight excluding hydrogens is 448 g/mol. The minimum Gasteiger partial charge on any atom is -0.372 e. The summed E-state index contributed by atoms with van der Waals surface area (Å²) in [6, 6.07) is 15.0. The third kappa shape index (κ3) is 7.99. The van der Waals surface area contributed by atoms with E-state index in [4.69, 9.17) is 0 Å². The van der Waals surface area contributed by atoms with E-state index in [9.17, 15) is 16.8 Å². The molecule has 0 saturated carbocycles. The van der Waals surface area contributed by atoms with E-state index in [0.29, 0.717) is 17.3 Å². The van der Waals surface area contributed by atoms with Gasteiger partial charge in [0.1, 0.15) is 0 Å². The summed E-state index contributed by atoms with van der Waals surface area (Å²) in [6.45, 7) is 3.77. The first-order chi connectivity index (χ1) is 15.0. The van der Waals surface area contributed by atoms with Crippen LogP contribution in [0.1, 0.15) is 18.4 Å². The monoisotopic (exact) mass is 480 g/mol. The zero-order valence-corrected chi connectivity index (χ0v) is 20.4. The van der Waals surface area contributed by atoms with Crippen molar-refractivity contribution in [2.75, 3.05) is 53.5 Å². The van der Waals surface area contributed by atoms with Crippen LogP contribution in [0, 0.1) is 5.92 Å². The zero-order valence-electron chi connectivity index (χ0n) is 18.8. The topological polar surface area (TPSA) is 98.8 Å². The molecule has 3 rings (SSSR count). The van der Waals surface area contributed by atoms with E-state index < -0.39 is 20.0 Å². The van der Waals surface area contributed by atoms with Gasteiger partial charge in [-0.15, -0.1) is 0 Å². The number of nitrogens with zero attached hydrogens (tertiary/aromatic N) is 2. The molecule has 0 radical (unpaired) electrons. The maximum atomic E-state index is 11.3. The van der Waals surface area contributed by atoms with Crippen molar-refractivity contribution in [3.05, 3.63) is 54.1 Å². The summed E-state index contributed by atoms with van der Waals surface area (Å²) in [5, 5.41) is 0. The molecule has 0 unspecified atom stereocenters. The molecule has 0 bridgehead atoms. The second kappa shape index (κ2) is 10.1. The van der Waals surface area contributed by atoms with E-state index in [-0.39, 0.29) is 0 Å². The highest BCUT2D eigenvalue weighted by Gasteiger charge is 2.21. The molecule has 0 amide bonds. The van der Waals surface area contributed by atoms with Crippen LogP contribution in [0.15, 0.2) is 48.5 Å². The Kier molecular flexibility index (Phi) is 7.68. The van der Waals surface area contributed by atoms with Gasteiger partial charge in [-0.1, -0.05) is 12.1 Å². The molecule has 8 nitrogen and oxygen atoms in total. The van der Waals surface area contributed by atoms with Crippen LogP contribution in [-0.4, -0.2) is 60.9 Å². The number of anilines is 3. The number of benzene rings is 2. The Morgan fingerprint density at radius 3 is 1.78 bits per heavy atom. The SMILES string of the molecule is CN(Cc1ccc(NS(C)(=O)=O)cc1)CC1CCN(c2ccc(NS(C)(=O)=O)cc2)CC1. The lowest BCUT2D eigenvalue weighted by Gasteiger charge is -2.35. The average molecular weight is 481 g/mol. The van der Waals surface area contributed by atoms with Crippen molar-refractivity contribution in [3.63, 3.8) is 0 Å². The lowest BCUT2D eigenvalue weighted by atomic mass is 9.95. The Morgan fingerprint density at radius 2 is 1.31 bits per heavy atom. The van der Waals surface area contributed by atoms with Crippen molar-refractivity contribution in [2.45, 2.75) is 19.4 Å². The summed E-state index contributed by atoms with van der Waals surface area (Å²) in [5.41, 5.74) is 3.41. The maximum Gasteiger partial charge on any atom is 0.229 e. The third-order valence-corrected chi connectivity index (χ3v) is 6.64. The molecule has 2 N–H and O–H groups in total. The summed E-state index contributed by atoms with van der Waals surface area (Å²) >= 11 is 0. The van der Waals surface area contributed by atoms with Crippen LogP contribution in [0.3, 0.4) is 0 Å². The number of nitrogens with one attached hydrogen (secondary N) is 2. The molecule has 0 spiro atoms. The highest BCUT2D eigenvalue weighted by Crippen LogP contribution is 2.25. The summed E-state index contributed by atoms with van der Waals surface area (Å²) in [5.74, 6) is 0.619. The van der Waals surface area contributed by atoms with Gasteiger partial charge in [0.15, 0.2) is 0 Å². The van der Waals surface area contributed by atoms with Gasteiger partial charge in [0.2, 0.25) is 20.0 Å². The molecule has 1 heterocycles. The lowest BCUT2D eigenvalue weighted by molar-refractivity contribution is 0.242. The Hall–Kier alpha value is -2.30. The first-order valence-electron chi connectivity index (χ1n) is 10.5. The molecule has 176 valence electrons. The van der Waals surface area contributed by atoms with Crippen LogP contribution in [0.25, 0.3) is 0 Å². The van der Waals surface area contributed by atoms with Gasteiger partial charge in [-0.25, -0.2) is 16.8 Å². The second-order valence-corrected chi connectivity index (χ2v) is 12.1. The van der Waals surface area contributed by atoms with Gasteiger partial charge in [-0.3, -0.25) is 9.44 Å². The quantitative estimate of drug-likeness (QED) is 0.573. The van der Waals surface area contributed by atoms with Crippen molar-refractivity contribution in [2.24, 2.45) is 5.92 Å². The van der Waals surface area contributed by atoms with E-state index in [1.807, 2.05) is 24.3 Å². The molecule has 0 atom stereocenters.